The first-order valence-electron chi connectivity index (χ1n) is 5.12. The van der Waals surface area contributed by atoms with Gasteiger partial charge in [0.2, 0.25) is 0 Å². The maximum absolute atomic E-state index is 12.5. The van der Waals surface area contributed by atoms with E-state index in [2.05, 4.69) is 21.2 Å². The van der Waals surface area contributed by atoms with Gasteiger partial charge in [-0.05, 0) is 18.2 Å². The molecule has 0 heterocycles. The minimum absolute atomic E-state index is 0.285. The summed E-state index contributed by atoms with van der Waals surface area (Å²) in [5, 5.41) is 11.0. The minimum atomic E-state index is -4.81. The van der Waals surface area contributed by atoms with Gasteiger partial charge in [-0.2, -0.15) is 13.2 Å². The van der Waals surface area contributed by atoms with E-state index >= 15 is 0 Å². The largest absolute Gasteiger partial charge is 0.495 e. The normalized spacial score (nSPS) is 12.9. The predicted octanol–water partition coefficient (Wildman–Crippen LogP) is 3.13. The van der Waals surface area contributed by atoms with Gasteiger partial charge in [0.15, 0.2) is 5.92 Å². The molecule has 1 aromatic carbocycles. The molecule has 2 N–H and O–H groups in total. The number of carbonyl (C=O) groups is 1. The molecule has 0 aromatic heterocycles. The molecular formula is C11H11BrF3NO3. The Morgan fingerprint density at radius 2 is 2.16 bits per heavy atom. The molecule has 19 heavy (non-hydrogen) atoms. The summed E-state index contributed by atoms with van der Waals surface area (Å²) in [6, 6.07) is 4.71. The van der Waals surface area contributed by atoms with Crippen molar-refractivity contribution in [2.75, 3.05) is 19.0 Å². The Kier molecular flexibility index (Phi) is 5.04. The van der Waals surface area contributed by atoms with Gasteiger partial charge in [0, 0.05) is 11.0 Å². The number of nitrogens with one attached hydrogen (secondary N) is 1. The van der Waals surface area contributed by atoms with E-state index in [-0.39, 0.29) is 5.69 Å². The lowest BCUT2D eigenvalue weighted by molar-refractivity contribution is -0.190. The van der Waals surface area contributed by atoms with Crippen LogP contribution in [0.4, 0.5) is 18.9 Å². The Morgan fingerprint density at radius 3 is 2.63 bits per heavy atom. The first-order chi connectivity index (χ1) is 8.75. The second-order valence-corrected chi connectivity index (χ2v) is 4.57. The summed E-state index contributed by atoms with van der Waals surface area (Å²) < 4.78 is 43.0. The van der Waals surface area contributed by atoms with Crippen LogP contribution in [0, 0.1) is 5.92 Å². The molecule has 1 aromatic rings. The molecule has 1 rings (SSSR count). The lowest BCUT2D eigenvalue weighted by Crippen LogP contribution is -2.36. The fourth-order valence-corrected chi connectivity index (χ4v) is 1.73. The first-order valence-corrected chi connectivity index (χ1v) is 5.92. The fraction of sp³-hybridized carbons (Fsp3) is 0.364. The van der Waals surface area contributed by atoms with E-state index in [1.165, 1.54) is 13.2 Å². The SMILES string of the molecule is COc1ccc(Br)cc1NCC(C(=O)O)C(F)(F)F. The second-order valence-electron chi connectivity index (χ2n) is 3.66. The molecule has 0 spiro atoms. The number of hydrogen-bond donors (Lipinski definition) is 2. The summed E-state index contributed by atoms with van der Waals surface area (Å²) in [6.45, 7) is -0.772. The summed E-state index contributed by atoms with van der Waals surface area (Å²) in [7, 11) is 1.37. The number of hydrogen-bond acceptors (Lipinski definition) is 3. The van der Waals surface area contributed by atoms with E-state index in [9.17, 15) is 18.0 Å². The summed E-state index contributed by atoms with van der Waals surface area (Å²) in [4.78, 5) is 10.6. The molecule has 0 aliphatic rings. The fourth-order valence-electron chi connectivity index (χ4n) is 1.37. The quantitative estimate of drug-likeness (QED) is 0.863. The van der Waals surface area contributed by atoms with Gasteiger partial charge in [-0.1, -0.05) is 15.9 Å². The molecule has 0 fully saturated rings. The molecule has 0 aliphatic heterocycles. The monoisotopic (exact) mass is 341 g/mol. The highest BCUT2D eigenvalue weighted by molar-refractivity contribution is 9.10. The average Bonchev–Trinajstić information content (AvgIpc) is 2.27. The predicted molar refractivity (Wildman–Crippen MR) is 66.4 cm³/mol. The Hall–Kier alpha value is -1.44. The molecule has 0 saturated carbocycles. The lowest BCUT2D eigenvalue weighted by atomic mass is 10.1. The van der Waals surface area contributed by atoms with Crippen LogP contribution in [0.1, 0.15) is 0 Å². The van der Waals surface area contributed by atoms with Crippen molar-refractivity contribution < 1.29 is 27.8 Å². The highest BCUT2D eigenvalue weighted by Crippen LogP contribution is 2.30. The van der Waals surface area contributed by atoms with Crippen molar-refractivity contribution in [1.29, 1.82) is 0 Å². The van der Waals surface area contributed by atoms with Crippen molar-refractivity contribution in [3.8, 4) is 5.75 Å². The number of benzene rings is 1. The molecular weight excluding hydrogens is 331 g/mol. The molecule has 0 saturated heterocycles. The lowest BCUT2D eigenvalue weighted by Gasteiger charge is -2.18. The Morgan fingerprint density at radius 1 is 1.53 bits per heavy atom. The Bertz CT molecular complexity index is 465. The second kappa shape index (κ2) is 6.14. The van der Waals surface area contributed by atoms with Gasteiger partial charge in [-0.25, -0.2) is 0 Å². The smallest absolute Gasteiger partial charge is 0.403 e. The van der Waals surface area contributed by atoms with E-state index in [1.54, 1.807) is 12.1 Å². The van der Waals surface area contributed by atoms with E-state index in [1.807, 2.05) is 0 Å². The highest BCUT2D eigenvalue weighted by Gasteiger charge is 2.44. The number of anilines is 1. The Balaban J connectivity index is 2.85. The third-order valence-electron chi connectivity index (χ3n) is 2.35. The van der Waals surface area contributed by atoms with Gasteiger partial charge in [0.1, 0.15) is 5.75 Å². The van der Waals surface area contributed by atoms with Crippen LogP contribution in [0.15, 0.2) is 22.7 Å². The van der Waals surface area contributed by atoms with Crippen LogP contribution in [0.2, 0.25) is 0 Å². The van der Waals surface area contributed by atoms with Crippen molar-refractivity contribution in [3.05, 3.63) is 22.7 Å². The highest BCUT2D eigenvalue weighted by atomic mass is 79.9. The summed E-state index contributed by atoms with van der Waals surface area (Å²) in [5.41, 5.74) is 0.285. The number of aliphatic carboxylic acids is 1. The maximum atomic E-state index is 12.5. The van der Waals surface area contributed by atoms with Crippen molar-refractivity contribution in [3.63, 3.8) is 0 Å². The zero-order chi connectivity index (χ0) is 14.6. The van der Waals surface area contributed by atoms with Gasteiger partial charge >= 0.3 is 12.1 Å². The standard InChI is InChI=1S/C11H11BrF3NO3/c1-19-9-3-2-6(12)4-8(9)16-5-7(10(17)18)11(13,14)15/h2-4,7,16H,5H2,1H3,(H,17,18). The molecule has 1 atom stereocenters. The van der Waals surface area contributed by atoms with Crippen molar-refractivity contribution in [2.24, 2.45) is 5.92 Å². The van der Waals surface area contributed by atoms with Crippen LogP contribution in [0.5, 0.6) is 5.75 Å². The number of alkyl halides is 3. The van der Waals surface area contributed by atoms with E-state index < -0.39 is 24.6 Å². The van der Waals surface area contributed by atoms with Crippen LogP contribution in [-0.4, -0.2) is 30.9 Å². The van der Waals surface area contributed by atoms with Crippen LogP contribution in [0.3, 0.4) is 0 Å². The molecule has 4 nitrogen and oxygen atoms in total. The van der Waals surface area contributed by atoms with E-state index in [4.69, 9.17) is 9.84 Å². The molecule has 1 unspecified atom stereocenters. The number of halogens is 4. The van der Waals surface area contributed by atoms with Gasteiger partial charge in [0.25, 0.3) is 0 Å². The van der Waals surface area contributed by atoms with Crippen LogP contribution in [0.25, 0.3) is 0 Å². The van der Waals surface area contributed by atoms with Crippen molar-refractivity contribution >= 4 is 27.6 Å². The molecule has 0 bridgehead atoms. The van der Waals surface area contributed by atoms with Crippen molar-refractivity contribution in [1.82, 2.24) is 0 Å². The summed E-state index contributed by atoms with van der Waals surface area (Å²) >= 11 is 3.17. The van der Waals surface area contributed by atoms with Gasteiger partial charge < -0.3 is 15.2 Å². The molecule has 106 valence electrons. The number of ether oxygens (including phenoxy) is 1. The van der Waals surface area contributed by atoms with Crippen LogP contribution >= 0.6 is 15.9 Å². The molecule has 8 heteroatoms. The number of carboxylic acids is 1. The zero-order valence-corrected chi connectivity index (χ0v) is 11.4. The minimum Gasteiger partial charge on any atom is -0.495 e. The Labute approximate surface area is 115 Å². The van der Waals surface area contributed by atoms with Crippen LogP contribution < -0.4 is 10.1 Å². The third kappa shape index (κ3) is 4.30. The average molecular weight is 342 g/mol. The number of carboxylic acid groups (broad SMARTS) is 1. The summed E-state index contributed by atoms with van der Waals surface area (Å²) in [5.74, 6) is -4.07. The maximum Gasteiger partial charge on any atom is 0.403 e. The summed E-state index contributed by atoms with van der Waals surface area (Å²) in [6.07, 6.45) is -4.81. The van der Waals surface area contributed by atoms with E-state index in [0.29, 0.717) is 10.2 Å². The van der Waals surface area contributed by atoms with Gasteiger partial charge in [-0.3, -0.25) is 4.79 Å². The molecule has 0 amide bonds. The van der Waals surface area contributed by atoms with Crippen LogP contribution in [-0.2, 0) is 4.79 Å². The zero-order valence-electron chi connectivity index (χ0n) is 9.79. The molecule has 0 radical (unpaired) electrons. The number of methoxy groups -OCH3 is 1. The topological polar surface area (TPSA) is 58.6 Å². The number of rotatable bonds is 5. The third-order valence-corrected chi connectivity index (χ3v) is 2.84. The van der Waals surface area contributed by atoms with E-state index in [0.717, 1.165) is 0 Å². The van der Waals surface area contributed by atoms with Crippen molar-refractivity contribution in [2.45, 2.75) is 6.18 Å². The first kappa shape index (κ1) is 15.6. The van der Waals surface area contributed by atoms with Gasteiger partial charge in [0.05, 0.1) is 12.8 Å². The van der Waals surface area contributed by atoms with Gasteiger partial charge in [-0.15, -0.1) is 0 Å². The molecule has 0 aliphatic carbocycles.